The Morgan fingerprint density at radius 2 is 2.05 bits per heavy atom. The molecular formula is C16H23N3. The summed E-state index contributed by atoms with van der Waals surface area (Å²) >= 11 is 0. The lowest BCUT2D eigenvalue weighted by Gasteiger charge is -2.14. The fraction of sp³-hybridized carbons (Fsp3) is 0.500. The van der Waals surface area contributed by atoms with E-state index in [-0.39, 0.29) is 0 Å². The molecule has 102 valence electrons. The van der Waals surface area contributed by atoms with Crippen LogP contribution in [0.25, 0.3) is 10.9 Å². The molecule has 0 amide bonds. The Labute approximate surface area is 115 Å². The molecule has 2 atom stereocenters. The van der Waals surface area contributed by atoms with Crippen molar-refractivity contribution < 1.29 is 0 Å². The summed E-state index contributed by atoms with van der Waals surface area (Å²) in [6.07, 6.45) is 2.30. The van der Waals surface area contributed by atoms with Crippen LogP contribution >= 0.6 is 0 Å². The maximum Gasteiger partial charge on any atom is 0.0483 e. The lowest BCUT2D eigenvalue weighted by molar-refractivity contribution is 0.320. The second-order valence-electron chi connectivity index (χ2n) is 5.79. The van der Waals surface area contributed by atoms with Gasteiger partial charge in [0.15, 0.2) is 0 Å². The van der Waals surface area contributed by atoms with Gasteiger partial charge in [-0.2, -0.15) is 0 Å². The van der Waals surface area contributed by atoms with E-state index in [1.54, 1.807) is 0 Å². The largest absolute Gasteiger partial charge is 0.347 e. The summed E-state index contributed by atoms with van der Waals surface area (Å²) < 4.78 is 2.34. The first-order valence-electron chi connectivity index (χ1n) is 7.23. The first-order valence-corrected chi connectivity index (χ1v) is 7.23. The molecule has 0 radical (unpaired) electrons. The summed E-state index contributed by atoms with van der Waals surface area (Å²) in [6, 6.07) is 9.02. The van der Waals surface area contributed by atoms with Gasteiger partial charge in [-0.05, 0) is 24.5 Å². The fourth-order valence-electron chi connectivity index (χ4n) is 3.18. The van der Waals surface area contributed by atoms with Crippen LogP contribution in [0.2, 0.25) is 0 Å². The van der Waals surface area contributed by atoms with Crippen molar-refractivity contribution in [1.82, 2.24) is 9.47 Å². The number of aromatic nitrogens is 1. The minimum Gasteiger partial charge on any atom is -0.347 e. The average Bonchev–Trinajstić information content (AvgIpc) is 2.92. The molecule has 19 heavy (non-hydrogen) atoms. The molecule has 2 unspecified atom stereocenters. The zero-order valence-electron chi connectivity index (χ0n) is 11.8. The van der Waals surface area contributed by atoms with Gasteiger partial charge in [0, 0.05) is 49.3 Å². The molecule has 3 heteroatoms. The number of aryl methyl sites for hydroxylation is 1. The third-order valence-electron chi connectivity index (χ3n) is 4.35. The molecule has 0 saturated carbocycles. The molecule has 3 rings (SSSR count). The van der Waals surface area contributed by atoms with E-state index >= 15 is 0 Å². The van der Waals surface area contributed by atoms with E-state index < -0.39 is 0 Å². The van der Waals surface area contributed by atoms with E-state index in [0.29, 0.717) is 12.0 Å². The number of likely N-dealkylation sites (tertiary alicyclic amines) is 1. The van der Waals surface area contributed by atoms with Gasteiger partial charge in [0.05, 0.1) is 0 Å². The van der Waals surface area contributed by atoms with E-state index in [1.165, 1.54) is 16.5 Å². The van der Waals surface area contributed by atoms with Crippen molar-refractivity contribution in [2.24, 2.45) is 11.7 Å². The third kappa shape index (κ3) is 2.28. The van der Waals surface area contributed by atoms with Gasteiger partial charge in [0.25, 0.3) is 0 Å². The SMILES string of the molecule is CCn1cc(CN2CC(C)C(N)C2)c2ccccc21. The smallest absolute Gasteiger partial charge is 0.0483 e. The Morgan fingerprint density at radius 1 is 1.26 bits per heavy atom. The molecule has 1 aromatic heterocycles. The van der Waals surface area contributed by atoms with Crippen LogP contribution < -0.4 is 5.73 Å². The van der Waals surface area contributed by atoms with Crippen molar-refractivity contribution in [3.8, 4) is 0 Å². The number of para-hydroxylation sites is 1. The van der Waals surface area contributed by atoms with Gasteiger partial charge in [-0.25, -0.2) is 0 Å². The number of nitrogens with zero attached hydrogens (tertiary/aromatic N) is 2. The standard InChI is InChI=1S/C16H23N3/c1-3-19-10-13(14-6-4-5-7-16(14)19)9-18-8-12(2)15(17)11-18/h4-7,10,12,15H,3,8-9,11,17H2,1-2H3. The second kappa shape index (κ2) is 4.99. The van der Waals surface area contributed by atoms with Gasteiger partial charge in [-0.1, -0.05) is 25.1 Å². The van der Waals surface area contributed by atoms with Gasteiger partial charge in [-0.3, -0.25) is 4.90 Å². The van der Waals surface area contributed by atoms with Crippen LogP contribution in [0.5, 0.6) is 0 Å². The minimum absolute atomic E-state index is 0.333. The number of rotatable bonds is 3. The van der Waals surface area contributed by atoms with Gasteiger partial charge in [0.2, 0.25) is 0 Å². The highest BCUT2D eigenvalue weighted by molar-refractivity contribution is 5.83. The van der Waals surface area contributed by atoms with Crippen LogP contribution in [-0.2, 0) is 13.1 Å². The molecule has 0 aliphatic carbocycles. The molecule has 1 aromatic carbocycles. The lowest BCUT2D eigenvalue weighted by Crippen LogP contribution is -2.28. The number of fused-ring (bicyclic) bond motifs is 1. The highest BCUT2D eigenvalue weighted by Crippen LogP contribution is 2.25. The molecule has 2 N–H and O–H groups in total. The van der Waals surface area contributed by atoms with Crippen molar-refractivity contribution >= 4 is 10.9 Å². The molecule has 0 spiro atoms. The van der Waals surface area contributed by atoms with Crippen molar-refractivity contribution in [1.29, 1.82) is 0 Å². The summed E-state index contributed by atoms with van der Waals surface area (Å²) in [6.45, 7) is 8.63. The molecule has 0 bridgehead atoms. The molecule has 3 nitrogen and oxygen atoms in total. The Morgan fingerprint density at radius 3 is 2.74 bits per heavy atom. The van der Waals surface area contributed by atoms with Crippen LogP contribution in [0.4, 0.5) is 0 Å². The zero-order valence-corrected chi connectivity index (χ0v) is 11.8. The van der Waals surface area contributed by atoms with Gasteiger partial charge in [0.1, 0.15) is 0 Å². The monoisotopic (exact) mass is 257 g/mol. The predicted molar refractivity (Wildman–Crippen MR) is 80.0 cm³/mol. The Hall–Kier alpha value is -1.32. The zero-order chi connectivity index (χ0) is 13.4. The predicted octanol–water partition coefficient (Wildman–Crippen LogP) is 2.44. The molecule has 2 heterocycles. The van der Waals surface area contributed by atoms with E-state index in [0.717, 1.165) is 26.2 Å². The minimum atomic E-state index is 0.333. The van der Waals surface area contributed by atoms with Gasteiger partial charge >= 0.3 is 0 Å². The quantitative estimate of drug-likeness (QED) is 0.916. The molecule has 1 saturated heterocycles. The van der Waals surface area contributed by atoms with Crippen LogP contribution in [0.1, 0.15) is 19.4 Å². The Balaban J connectivity index is 1.89. The Kier molecular flexibility index (Phi) is 3.33. The van der Waals surface area contributed by atoms with Crippen molar-refractivity contribution in [3.63, 3.8) is 0 Å². The topological polar surface area (TPSA) is 34.2 Å². The van der Waals surface area contributed by atoms with Crippen molar-refractivity contribution in [2.75, 3.05) is 13.1 Å². The van der Waals surface area contributed by atoms with Crippen molar-refractivity contribution in [3.05, 3.63) is 36.0 Å². The van der Waals surface area contributed by atoms with Crippen LogP contribution in [0.15, 0.2) is 30.5 Å². The van der Waals surface area contributed by atoms with Gasteiger partial charge < -0.3 is 10.3 Å². The molecular weight excluding hydrogens is 234 g/mol. The summed E-state index contributed by atoms with van der Waals surface area (Å²) in [5.41, 5.74) is 8.89. The first-order chi connectivity index (χ1) is 9.19. The number of hydrogen-bond acceptors (Lipinski definition) is 2. The van der Waals surface area contributed by atoms with Gasteiger partial charge in [-0.15, -0.1) is 0 Å². The van der Waals surface area contributed by atoms with Crippen LogP contribution in [0, 0.1) is 5.92 Å². The number of hydrogen-bond donors (Lipinski definition) is 1. The van der Waals surface area contributed by atoms with Crippen molar-refractivity contribution in [2.45, 2.75) is 33.0 Å². The highest BCUT2D eigenvalue weighted by Gasteiger charge is 2.26. The molecule has 2 aromatic rings. The highest BCUT2D eigenvalue weighted by atomic mass is 15.2. The summed E-state index contributed by atoms with van der Waals surface area (Å²) in [4.78, 5) is 2.48. The third-order valence-corrected chi connectivity index (χ3v) is 4.35. The normalized spacial score (nSPS) is 24.4. The summed E-state index contributed by atoms with van der Waals surface area (Å²) in [5, 5.41) is 1.39. The fourth-order valence-corrected chi connectivity index (χ4v) is 3.18. The lowest BCUT2D eigenvalue weighted by atomic mass is 10.1. The summed E-state index contributed by atoms with van der Waals surface area (Å²) in [7, 11) is 0. The first kappa shape index (κ1) is 12.7. The van der Waals surface area contributed by atoms with E-state index in [4.69, 9.17) is 5.73 Å². The maximum atomic E-state index is 6.12. The van der Waals surface area contributed by atoms with Crippen LogP contribution in [-0.4, -0.2) is 28.6 Å². The maximum absolute atomic E-state index is 6.12. The molecule has 1 aliphatic heterocycles. The molecule has 1 aliphatic rings. The van der Waals surface area contributed by atoms with E-state index in [1.807, 2.05) is 0 Å². The number of benzene rings is 1. The molecule has 1 fully saturated rings. The van der Waals surface area contributed by atoms with E-state index in [2.05, 4.69) is 53.8 Å². The number of nitrogens with two attached hydrogens (primary N) is 1. The summed E-state index contributed by atoms with van der Waals surface area (Å²) in [5.74, 6) is 0.611. The Bertz CT molecular complexity index is 562. The average molecular weight is 257 g/mol. The van der Waals surface area contributed by atoms with Crippen LogP contribution in [0.3, 0.4) is 0 Å². The van der Waals surface area contributed by atoms with E-state index in [9.17, 15) is 0 Å². The second-order valence-corrected chi connectivity index (χ2v) is 5.79.